The molecule has 0 aromatic heterocycles. The summed E-state index contributed by atoms with van der Waals surface area (Å²) in [5.74, 6) is 0. The molecular weight excluding hydrogens is 520 g/mol. The summed E-state index contributed by atoms with van der Waals surface area (Å²) in [4.78, 5) is 4.45. The first-order chi connectivity index (χ1) is 21.0. The third-order valence-corrected chi connectivity index (χ3v) is 7.58. The Kier molecular flexibility index (Phi) is 9.71. The molecule has 0 amide bonds. The van der Waals surface area contributed by atoms with Crippen molar-refractivity contribution >= 4 is 29.6 Å². The molecule has 0 unspecified atom stereocenters. The van der Waals surface area contributed by atoms with Gasteiger partial charge in [0.1, 0.15) is 0 Å². The molecule has 0 atom stereocenters. The minimum atomic E-state index is 0.945. The van der Waals surface area contributed by atoms with Crippen molar-refractivity contribution in [1.29, 1.82) is 0 Å². The molecule has 1 aliphatic rings. The van der Waals surface area contributed by atoms with Gasteiger partial charge in [-0.1, -0.05) is 123 Å². The molecule has 0 fully saturated rings. The Morgan fingerprint density at radius 1 is 0.791 bits per heavy atom. The Bertz CT molecular complexity index is 1680. The average molecular weight is 561 g/mol. The van der Waals surface area contributed by atoms with Crippen molar-refractivity contribution in [3.8, 4) is 11.1 Å². The molecule has 214 valence electrons. The van der Waals surface area contributed by atoms with Crippen LogP contribution in [0.3, 0.4) is 0 Å². The number of likely N-dealkylation sites (N-methyl/N-ethyl adjacent to an activating group) is 1. The van der Waals surface area contributed by atoms with Crippen molar-refractivity contribution in [2.75, 3.05) is 18.5 Å². The third kappa shape index (κ3) is 7.61. The van der Waals surface area contributed by atoms with E-state index in [1.807, 2.05) is 6.08 Å². The maximum atomic E-state index is 4.09. The van der Waals surface area contributed by atoms with Crippen LogP contribution in [0.2, 0.25) is 0 Å². The molecule has 2 heteroatoms. The van der Waals surface area contributed by atoms with Crippen LogP contribution in [0.1, 0.15) is 35.6 Å². The second-order valence-electron chi connectivity index (χ2n) is 10.8. The minimum absolute atomic E-state index is 0.945. The summed E-state index contributed by atoms with van der Waals surface area (Å²) in [6.07, 6.45) is 20.3. The van der Waals surface area contributed by atoms with Gasteiger partial charge in [0.15, 0.2) is 0 Å². The summed E-state index contributed by atoms with van der Waals surface area (Å²) >= 11 is 0. The van der Waals surface area contributed by atoms with Crippen LogP contribution in [0.15, 0.2) is 151 Å². The first kappa shape index (κ1) is 29.4. The number of hydrogen-bond donors (Lipinski definition) is 0. The Labute approximate surface area is 257 Å². The topological polar surface area (TPSA) is 6.48 Å². The van der Waals surface area contributed by atoms with E-state index in [1.165, 1.54) is 39.0 Å². The fraction of sp³-hybridized carbons (Fsp3) is 0.122. The van der Waals surface area contributed by atoms with Crippen LogP contribution in [0.25, 0.3) is 29.4 Å². The highest BCUT2D eigenvalue weighted by molar-refractivity contribution is 5.77. The maximum Gasteiger partial charge on any atom is 0.0491 e. The molecule has 4 aromatic carbocycles. The molecule has 5 rings (SSSR count). The van der Waals surface area contributed by atoms with E-state index in [1.54, 1.807) is 0 Å². The average Bonchev–Trinajstić information content (AvgIpc) is 3.05. The quantitative estimate of drug-likeness (QED) is 0.141. The molecule has 0 bridgehead atoms. The van der Waals surface area contributed by atoms with Crippen LogP contribution in [0.4, 0.5) is 11.4 Å². The highest BCUT2D eigenvalue weighted by atomic mass is 15.1. The standard InChI is InChI=1S/C41H40N2/c1-5-10-39(6-2)43(40-11-8-7-9-12-40)41-26-21-36(31-32(41)3)16-15-34-19-24-38(25-20-34)37-22-17-33(18-23-37)13-14-35-27-29-42(4)30-28-35/h6-29,31H,2,5,30H2,1,3-4H3/b14-13+,16-15+,39-10+. The van der Waals surface area contributed by atoms with Gasteiger partial charge in [0.05, 0.1) is 0 Å². The van der Waals surface area contributed by atoms with Crippen LogP contribution in [-0.4, -0.2) is 18.5 Å². The van der Waals surface area contributed by atoms with E-state index >= 15 is 0 Å². The van der Waals surface area contributed by atoms with E-state index in [9.17, 15) is 0 Å². The smallest absolute Gasteiger partial charge is 0.0491 e. The minimum Gasteiger partial charge on any atom is -0.377 e. The van der Waals surface area contributed by atoms with Crippen molar-refractivity contribution in [3.63, 3.8) is 0 Å². The number of nitrogens with zero attached hydrogens (tertiary/aromatic N) is 2. The number of para-hydroxylation sites is 1. The number of aryl methyl sites for hydroxylation is 1. The normalized spacial score (nSPS) is 13.5. The highest BCUT2D eigenvalue weighted by Crippen LogP contribution is 2.34. The lowest BCUT2D eigenvalue weighted by atomic mass is 10.0. The lowest BCUT2D eigenvalue weighted by molar-refractivity contribution is 0.503. The van der Waals surface area contributed by atoms with Crippen molar-refractivity contribution < 1.29 is 0 Å². The number of anilines is 2. The first-order valence-corrected chi connectivity index (χ1v) is 15.0. The molecule has 1 heterocycles. The van der Waals surface area contributed by atoms with E-state index in [-0.39, 0.29) is 0 Å². The SMILES string of the molecule is C=C/C(=C\CC)N(c1ccccc1)c1ccc(/C=C/c2ccc(-c3ccc(/C=C/C4=CCN(C)C=C4)cc3)cc2)cc1C. The summed E-state index contributed by atoms with van der Waals surface area (Å²) in [5, 5.41) is 0. The fourth-order valence-corrected chi connectivity index (χ4v) is 5.19. The maximum absolute atomic E-state index is 4.09. The van der Waals surface area contributed by atoms with Crippen molar-refractivity contribution in [2.24, 2.45) is 0 Å². The second kappa shape index (κ2) is 14.2. The van der Waals surface area contributed by atoms with Crippen molar-refractivity contribution in [2.45, 2.75) is 20.3 Å². The van der Waals surface area contributed by atoms with Crippen LogP contribution in [-0.2, 0) is 0 Å². The summed E-state index contributed by atoms with van der Waals surface area (Å²) in [6.45, 7) is 9.37. The summed E-state index contributed by atoms with van der Waals surface area (Å²) < 4.78 is 0. The largest absolute Gasteiger partial charge is 0.377 e. The van der Waals surface area contributed by atoms with E-state index in [2.05, 4.69) is 183 Å². The molecule has 0 saturated carbocycles. The lowest BCUT2D eigenvalue weighted by Gasteiger charge is -2.28. The Balaban J connectivity index is 1.27. The zero-order chi connectivity index (χ0) is 30.0. The Morgan fingerprint density at radius 2 is 1.40 bits per heavy atom. The third-order valence-electron chi connectivity index (χ3n) is 7.58. The molecule has 0 spiro atoms. The van der Waals surface area contributed by atoms with Gasteiger partial charge in [-0.05, 0) is 94.9 Å². The molecule has 43 heavy (non-hydrogen) atoms. The van der Waals surface area contributed by atoms with Gasteiger partial charge in [-0.15, -0.1) is 0 Å². The first-order valence-electron chi connectivity index (χ1n) is 15.0. The van der Waals surface area contributed by atoms with Gasteiger partial charge in [0.2, 0.25) is 0 Å². The van der Waals surface area contributed by atoms with Crippen molar-refractivity contribution in [3.05, 3.63) is 174 Å². The molecule has 2 nitrogen and oxygen atoms in total. The van der Waals surface area contributed by atoms with Gasteiger partial charge < -0.3 is 9.80 Å². The summed E-state index contributed by atoms with van der Waals surface area (Å²) in [7, 11) is 2.08. The van der Waals surface area contributed by atoms with Gasteiger partial charge in [0.25, 0.3) is 0 Å². The molecule has 0 aliphatic carbocycles. The zero-order valence-electron chi connectivity index (χ0n) is 25.4. The predicted molar refractivity (Wildman–Crippen MR) is 188 cm³/mol. The number of hydrogen-bond acceptors (Lipinski definition) is 2. The van der Waals surface area contributed by atoms with E-state index < -0.39 is 0 Å². The summed E-state index contributed by atoms with van der Waals surface area (Å²) in [5.41, 5.74) is 11.8. The molecule has 1 aliphatic heterocycles. The van der Waals surface area contributed by atoms with Gasteiger partial charge >= 0.3 is 0 Å². The fourth-order valence-electron chi connectivity index (χ4n) is 5.19. The highest BCUT2D eigenvalue weighted by Gasteiger charge is 2.14. The molecule has 0 radical (unpaired) electrons. The second-order valence-corrected chi connectivity index (χ2v) is 10.8. The Hall–Kier alpha value is -5.08. The molecule has 0 saturated heterocycles. The van der Waals surface area contributed by atoms with Crippen LogP contribution >= 0.6 is 0 Å². The zero-order valence-corrected chi connectivity index (χ0v) is 25.4. The van der Waals surface area contributed by atoms with Gasteiger partial charge in [-0.2, -0.15) is 0 Å². The van der Waals surface area contributed by atoms with E-state index in [0.717, 1.165) is 30.0 Å². The summed E-state index contributed by atoms with van der Waals surface area (Å²) in [6, 6.07) is 34.6. The predicted octanol–water partition coefficient (Wildman–Crippen LogP) is 10.8. The molecular formula is C41H40N2. The van der Waals surface area contributed by atoms with Crippen LogP contribution in [0.5, 0.6) is 0 Å². The van der Waals surface area contributed by atoms with Gasteiger partial charge in [0, 0.05) is 30.7 Å². The number of benzene rings is 4. The monoisotopic (exact) mass is 560 g/mol. The Morgan fingerprint density at radius 3 is 1.95 bits per heavy atom. The van der Waals surface area contributed by atoms with Gasteiger partial charge in [-0.3, -0.25) is 0 Å². The number of rotatable bonds is 10. The molecule has 4 aromatic rings. The molecule has 0 N–H and O–H groups in total. The number of allylic oxidation sites excluding steroid dienone is 5. The van der Waals surface area contributed by atoms with Gasteiger partial charge in [-0.25, -0.2) is 0 Å². The lowest BCUT2D eigenvalue weighted by Crippen LogP contribution is -2.16. The van der Waals surface area contributed by atoms with E-state index in [4.69, 9.17) is 0 Å². The van der Waals surface area contributed by atoms with Crippen LogP contribution in [0, 0.1) is 6.92 Å². The van der Waals surface area contributed by atoms with E-state index in [0.29, 0.717) is 0 Å². The van der Waals surface area contributed by atoms with Crippen molar-refractivity contribution in [1.82, 2.24) is 4.90 Å². The van der Waals surface area contributed by atoms with Crippen LogP contribution < -0.4 is 4.90 Å².